The van der Waals surface area contributed by atoms with Gasteiger partial charge in [-0.15, -0.1) is 5.10 Å². The van der Waals surface area contributed by atoms with Crippen molar-refractivity contribution in [3.63, 3.8) is 0 Å². The monoisotopic (exact) mass is 827 g/mol. The fraction of sp³-hybridized carbons (Fsp3) is 0.476. The van der Waals surface area contributed by atoms with Gasteiger partial charge in [-0.2, -0.15) is 0 Å². The predicted molar refractivity (Wildman–Crippen MR) is 222 cm³/mol. The van der Waals surface area contributed by atoms with Crippen LogP contribution in [0, 0.1) is 16.0 Å². The first-order valence-corrected chi connectivity index (χ1v) is 23.4. The summed E-state index contributed by atoms with van der Waals surface area (Å²) in [4.78, 5) is 56.1. The minimum atomic E-state index is -3.03. The van der Waals surface area contributed by atoms with E-state index < -0.39 is 42.4 Å². The van der Waals surface area contributed by atoms with Crippen LogP contribution in [0.3, 0.4) is 0 Å². The number of nitrogens with zero attached hydrogens (tertiary/aromatic N) is 6. The summed E-state index contributed by atoms with van der Waals surface area (Å²) in [6.45, 7) is 8.99. The van der Waals surface area contributed by atoms with Gasteiger partial charge in [0.25, 0.3) is 11.6 Å². The van der Waals surface area contributed by atoms with Crippen molar-refractivity contribution in [2.24, 2.45) is 5.92 Å². The van der Waals surface area contributed by atoms with E-state index in [2.05, 4.69) is 15.6 Å². The van der Waals surface area contributed by atoms with Gasteiger partial charge < -0.3 is 34.7 Å². The van der Waals surface area contributed by atoms with Gasteiger partial charge in [0, 0.05) is 67.2 Å². The van der Waals surface area contributed by atoms with E-state index in [1.165, 1.54) is 12.1 Å². The molecule has 1 saturated heterocycles. The summed E-state index contributed by atoms with van der Waals surface area (Å²) < 4.78 is 14.4. The van der Waals surface area contributed by atoms with Crippen LogP contribution in [0.25, 0.3) is 0 Å². The Balaban J connectivity index is 1.22. The number of ether oxygens (including phenoxy) is 2. The van der Waals surface area contributed by atoms with Crippen LogP contribution >= 0.6 is 0 Å². The number of aryl methyl sites for hydroxylation is 1. The molecule has 3 aliphatic rings. The molecule has 3 aliphatic heterocycles. The summed E-state index contributed by atoms with van der Waals surface area (Å²) in [5.41, 5.74) is 2.30. The zero-order valence-corrected chi connectivity index (χ0v) is 34.9. The van der Waals surface area contributed by atoms with Crippen molar-refractivity contribution in [2.45, 2.75) is 95.4 Å². The SMILES string of the molecule is CCOc1ccc2c(c1)CC(NCCCCO)C(=O)N2c1cccc(CN2C(=O)[C@@]3(O[C@@H](CCn4cc(CCO)nn4)[C@H]([Si](C)(C)O)[C@H]3C)c3cc([N+](=O)[O-])ccc32)c1. The van der Waals surface area contributed by atoms with Gasteiger partial charge in [0.1, 0.15) is 5.75 Å². The van der Waals surface area contributed by atoms with Crippen LogP contribution in [0.5, 0.6) is 5.75 Å². The number of aromatic nitrogens is 3. The number of rotatable bonds is 17. The first-order chi connectivity index (χ1) is 28.3. The first-order valence-electron chi connectivity index (χ1n) is 20.3. The van der Waals surface area contributed by atoms with Gasteiger partial charge in [-0.1, -0.05) is 24.3 Å². The van der Waals surface area contributed by atoms with Crippen molar-refractivity contribution in [1.29, 1.82) is 0 Å². The molecule has 59 heavy (non-hydrogen) atoms. The number of carbonyl (C=O) groups is 2. The average Bonchev–Trinajstić information content (AvgIpc) is 3.85. The zero-order valence-electron chi connectivity index (χ0n) is 33.9. The minimum Gasteiger partial charge on any atom is -0.494 e. The van der Waals surface area contributed by atoms with E-state index in [0.29, 0.717) is 80.2 Å². The second-order valence-corrected chi connectivity index (χ2v) is 20.1. The van der Waals surface area contributed by atoms with Crippen molar-refractivity contribution in [3.05, 3.63) is 99.4 Å². The number of carbonyl (C=O) groups excluding carboxylic acids is 2. The maximum Gasteiger partial charge on any atom is 0.269 e. The van der Waals surface area contributed by atoms with Crippen LogP contribution in [-0.2, 0) is 45.9 Å². The summed E-state index contributed by atoms with van der Waals surface area (Å²) in [7, 11) is -3.03. The molecule has 4 N–H and O–H groups in total. The highest BCUT2D eigenvalue weighted by molar-refractivity contribution is 6.71. The van der Waals surface area contributed by atoms with Crippen LogP contribution in [0.2, 0.25) is 18.6 Å². The van der Waals surface area contributed by atoms with Crippen molar-refractivity contribution >= 4 is 42.9 Å². The van der Waals surface area contributed by atoms with Crippen molar-refractivity contribution in [3.8, 4) is 5.75 Å². The topological polar surface area (TPSA) is 206 Å². The number of hydrogen-bond acceptors (Lipinski definition) is 12. The Kier molecular flexibility index (Phi) is 12.3. The lowest BCUT2D eigenvalue weighted by Crippen LogP contribution is -2.49. The number of nitrogens with one attached hydrogen (secondary N) is 1. The highest BCUT2D eigenvalue weighted by Gasteiger charge is 2.66. The lowest BCUT2D eigenvalue weighted by Gasteiger charge is -2.35. The van der Waals surface area contributed by atoms with E-state index in [4.69, 9.17) is 9.47 Å². The van der Waals surface area contributed by atoms with Gasteiger partial charge in [-0.05, 0) is 99.8 Å². The quantitative estimate of drug-likeness (QED) is 0.0503. The van der Waals surface area contributed by atoms with E-state index >= 15 is 4.79 Å². The number of nitro groups is 1. The number of amides is 2. The Labute approximate surface area is 344 Å². The highest BCUT2D eigenvalue weighted by Crippen LogP contribution is 2.60. The van der Waals surface area contributed by atoms with Gasteiger partial charge in [0.2, 0.25) is 5.91 Å². The summed E-state index contributed by atoms with van der Waals surface area (Å²) in [6.07, 6.45) is 3.73. The minimum absolute atomic E-state index is 0.0595. The van der Waals surface area contributed by atoms with Crippen LogP contribution in [0.15, 0.2) is 66.9 Å². The van der Waals surface area contributed by atoms with Crippen molar-refractivity contribution in [1.82, 2.24) is 20.3 Å². The second-order valence-electron chi connectivity index (χ2n) is 16.2. The molecule has 1 aromatic heterocycles. The molecule has 4 heterocycles. The molecule has 3 aromatic carbocycles. The van der Waals surface area contributed by atoms with E-state index in [1.54, 1.807) is 26.7 Å². The number of anilines is 3. The second kappa shape index (κ2) is 17.3. The van der Waals surface area contributed by atoms with Crippen LogP contribution in [-0.4, -0.2) is 93.6 Å². The molecular formula is C42H53N7O9Si. The smallest absolute Gasteiger partial charge is 0.269 e. The van der Waals surface area contributed by atoms with Gasteiger partial charge in [-0.3, -0.25) is 29.3 Å². The number of fused-ring (bicyclic) bond motifs is 3. The fourth-order valence-electron chi connectivity index (χ4n) is 9.24. The Bertz CT molecular complexity index is 2190. The number of benzene rings is 3. The van der Waals surface area contributed by atoms with Crippen LogP contribution < -0.4 is 19.9 Å². The molecular weight excluding hydrogens is 775 g/mol. The summed E-state index contributed by atoms with van der Waals surface area (Å²) in [6, 6.07) is 17.0. The van der Waals surface area contributed by atoms with E-state index in [0.717, 1.165) is 16.8 Å². The molecule has 2 amide bonds. The third-order valence-corrected chi connectivity index (χ3v) is 14.3. The van der Waals surface area contributed by atoms with Gasteiger partial charge >= 0.3 is 0 Å². The number of nitro benzene ring substituents is 1. The predicted octanol–water partition coefficient (Wildman–Crippen LogP) is 4.51. The van der Waals surface area contributed by atoms with Crippen LogP contribution in [0.1, 0.15) is 55.5 Å². The van der Waals surface area contributed by atoms with E-state index in [1.807, 2.05) is 69.4 Å². The molecule has 314 valence electrons. The molecule has 0 saturated carbocycles. The van der Waals surface area contributed by atoms with Gasteiger partial charge in [0.05, 0.1) is 47.3 Å². The molecule has 0 bridgehead atoms. The Morgan fingerprint density at radius 2 is 1.86 bits per heavy atom. The normalized spacial score (nSPS) is 22.6. The van der Waals surface area contributed by atoms with Crippen LogP contribution in [0.4, 0.5) is 22.7 Å². The molecule has 1 spiro atoms. The zero-order chi connectivity index (χ0) is 42.1. The van der Waals surface area contributed by atoms with Crippen molar-refractivity contribution in [2.75, 3.05) is 36.2 Å². The summed E-state index contributed by atoms with van der Waals surface area (Å²) in [5.74, 6) is -0.347. The maximum atomic E-state index is 15.1. The van der Waals surface area contributed by atoms with E-state index in [9.17, 15) is 29.9 Å². The first kappa shape index (κ1) is 42.1. The molecule has 5 atom stereocenters. The molecule has 16 nitrogen and oxygen atoms in total. The van der Waals surface area contributed by atoms with Gasteiger partial charge in [0.15, 0.2) is 13.9 Å². The molecule has 7 rings (SSSR count). The third-order valence-electron chi connectivity index (χ3n) is 11.8. The standard InChI is InChI=1S/C42H53N7O9Si/c1-5-57-33-12-14-36-29(22-33)23-35(43-17-6-7-19-50)40(52)48(36)31-10-8-9-28(21-31)25-47-37-13-11-32(49(54)55)24-34(37)42(41(47)53)27(2)39(59(3,4)56)38(58-42)15-18-46-26-30(16-20-51)44-45-46/h8-14,21-22,24,26-27,35,38-39,43,50-51,56H,5-7,15-20,23,25H2,1-4H3/t27-,35?,38+,39-,42+/m1/s1. The summed E-state index contributed by atoms with van der Waals surface area (Å²) >= 11 is 0. The maximum absolute atomic E-state index is 15.1. The lowest BCUT2D eigenvalue weighted by atomic mass is 9.82. The number of aliphatic hydroxyl groups is 2. The Morgan fingerprint density at radius 1 is 1.07 bits per heavy atom. The van der Waals surface area contributed by atoms with Crippen molar-refractivity contribution < 1.29 is 39.0 Å². The summed E-state index contributed by atoms with van der Waals surface area (Å²) in [5, 5.41) is 42.5. The molecule has 1 fully saturated rings. The third kappa shape index (κ3) is 8.14. The molecule has 0 aliphatic carbocycles. The molecule has 17 heteroatoms. The average molecular weight is 828 g/mol. The highest BCUT2D eigenvalue weighted by atomic mass is 28.4. The largest absolute Gasteiger partial charge is 0.494 e. The molecule has 1 unspecified atom stereocenters. The number of aliphatic hydroxyl groups excluding tert-OH is 2. The number of unbranched alkanes of at least 4 members (excludes halogenated alkanes) is 1. The Hall–Kier alpha value is -5.04. The van der Waals surface area contributed by atoms with Gasteiger partial charge in [-0.25, -0.2) is 0 Å². The Morgan fingerprint density at radius 3 is 2.59 bits per heavy atom. The van der Waals surface area contributed by atoms with E-state index in [-0.39, 0.29) is 37.3 Å². The number of hydrogen-bond donors (Lipinski definition) is 4. The molecule has 4 aromatic rings. The number of non-ortho nitro benzene ring substituents is 1. The fourth-order valence-corrected chi connectivity index (χ4v) is 11.8. The molecule has 0 radical (unpaired) electrons. The lowest BCUT2D eigenvalue weighted by molar-refractivity contribution is -0.385.